The number of carbonyl (C=O) groups is 1. The van der Waals surface area contributed by atoms with Gasteiger partial charge in [0.05, 0.1) is 17.4 Å². The number of nitrogens with zero attached hydrogens (tertiary/aromatic N) is 1. The number of carboxylic acids is 1. The van der Waals surface area contributed by atoms with E-state index in [1.54, 1.807) is 6.92 Å². The van der Waals surface area contributed by atoms with Crippen LogP contribution >= 0.6 is 0 Å². The number of hydrogen-bond donors (Lipinski definition) is 1. The molecule has 2 rings (SSSR count). The minimum atomic E-state index is -1.27. The van der Waals surface area contributed by atoms with E-state index < -0.39 is 17.6 Å². The van der Waals surface area contributed by atoms with Crippen molar-refractivity contribution in [2.24, 2.45) is 5.10 Å². The molecule has 4 nitrogen and oxygen atoms in total. The number of anilines is 1. The quantitative estimate of drug-likeness (QED) is 0.693. The van der Waals surface area contributed by atoms with Crippen LogP contribution in [-0.4, -0.2) is 11.7 Å². The molecule has 0 fully saturated rings. The molecule has 0 saturated heterocycles. The highest BCUT2D eigenvalue weighted by Gasteiger charge is 2.06. The molecule has 0 aliphatic heterocycles. The lowest BCUT2D eigenvalue weighted by atomic mass is 10.1. The van der Waals surface area contributed by atoms with E-state index in [9.17, 15) is 18.7 Å². The van der Waals surface area contributed by atoms with Crippen LogP contribution in [-0.2, 0) is 0 Å². The Hall–Kier alpha value is -2.76. The molecular weight excluding hydrogens is 278 g/mol. The van der Waals surface area contributed by atoms with Gasteiger partial charge in [-0.15, -0.1) is 0 Å². The Morgan fingerprint density at radius 3 is 2.38 bits per heavy atom. The predicted octanol–water partition coefficient (Wildman–Crippen LogP) is 2.16. The van der Waals surface area contributed by atoms with Crippen molar-refractivity contribution < 1.29 is 18.7 Å². The topological polar surface area (TPSA) is 64.5 Å². The molecule has 0 radical (unpaired) electrons. The number of benzene rings is 2. The Morgan fingerprint density at radius 2 is 1.81 bits per heavy atom. The van der Waals surface area contributed by atoms with Crippen LogP contribution < -0.4 is 10.5 Å². The molecule has 0 bridgehead atoms. The molecule has 21 heavy (non-hydrogen) atoms. The zero-order valence-electron chi connectivity index (χ0n) is 11.1. The lowest BCUT2D eigenvalue weighted by Crippen LogP contribution is -2.21. The highest BCUT2D eigenvalue weighted by Crippen LogP contribution is 2.12. The Morgan fingerprint density at radius 1 is 1.14 bits per heavy atom. The average Bonchev–Trinajstić information content (AvgIpc) is 2.45. The first-order chi connectivity index (χ1) is 9.97. The molecule has 1 N–H and O–H groups in total. The molecule has 0 aromatic heterocycles. The summed E-state index contributed by atoms with van der Waals surface area (Å²) in [7, 11) is 0. The third kappa shape index (κ3) is 3.62. The Balaban J connectivity index is 2.14. The minimum absolute atomic E-state index is 0.0471. The maximum atomic E-state index is 13.5. The maximum absolute atomic E-state index is 13.5. The van der Waals surface area contributed by atoms with Crippen LogP contribution in [0.3, 0.4) is 0 Å². The first-order valence-electron chi connectivity index (χ1n) is 6.04. The van der Waals surface area contributed by atoms with E-state index in [-0.39, 0.29) is 11.1 Å². The second kappa shape index (κ2) is 6.13. The highest BCUT2D eigenvalue weighted by molar-refractivity contribution is 5.99. The van der Waals surface area contributed by atoms with Crippen molar-refractivity contribution in [1.29, 1.82) is 0 Å². The van der Waals surface area contributed by atoms with E-state index in [0.717, 1.165) is 12.1 Å². The second-order valence-corrected chi connectivity index (χ2v) is 4.30. The Labute approximate surface area is 119 Å². The molecule has 0 aliphatic carbocycles. The van der Waals surface area contributed by atoms with Crippen LogP contribution in [0.4, 0.5) is 14.5 Å². The number of hydrazone groups is 1. The summed E-state index contributed by atoms with van der Waals surface area (Å²) in [4.78, 5) is 10.6. The van der Waals surface area contributed by atoms with E-state index in [2.05, 4.69) is 10.5 Å². The smallest absolute Gasteiger partial charge is 0.135 e. The molecule has 0 saturated carbocycles. The number of halogens is 2. The van der Waals surface area contributed by atoms with Crippen molar-refractivity contribution in [3.8, 4) is 0 Å². The molecule has 0 aliphatic rings. The van der Waals surface area contributed by atoms with Crippen molar-refractivity contribution in [3.63, 3.8) is 0 Å². The summed E-state index contributed by atoms with van der Waals surface area (Å²) in [6, 6.07) is 8.95. The maximum Gasteiger partial charge on any atom is 0.135 e. The van der Waals surface area contributed by atoms with Crippen LogP contribution in [0.25, 0.3) is 0 Å². The van der Waals surface area contributed by atoms with Gasteiger partial charge in [-0.25, -0.2) is 8.78 Å². The number of rotatable bonds is 4. The normalized spacial score (nSPS) is 11.3. The summed E-state index contributed by atoms with van der Waals surface area (Å²) < 4.78 is 26.4. The molecule has 6 heteroatoms. The van der Waals surface area contributed by atoms with E-state index >= 15 is 0 Å². The standard InChI is InChI=1S/C15H12F2N2O2/c1-9(13-7-4-11(16)8-14(13)17)18-19-12-5-2-10(3-6-12)15(20)21/h2-8,19H,1H3,(H,20,21)/p-1/b18-9+. The van der Waals surface area contributed by atoms with E-state index in [1.807, 2.05) is 0 Å². The average molecular weight is 289 g/mol. The van der Waals surface area contributed by atoms with Gasteiger partial charge >= 0.3 is 0 Å². The molecule has 0 atom stereocenters. The van der Waals surface area contributed by atoms with Crippen molar-refractivity contribution >= 4 is 17.4 Å². The van der Waals surface area contributed by atoms with Gasteiger partial charge in [0.25, 0.3) is 0 Å². The van der Waals surface area contributed by atoms with Crippen LogP contribution in [0.2, 0.25) is 0 Å². The Bertz CT molecular complexity index is 697. The summed E-state index contributed by atoms with van der Waals surface area (Å²) in [5.74, 6) is -2.63. The van der Waals surface area contributed by atoms with Crippen molar-refractivity contribution in [3.05, 3.63) is 65.2 Å². The van der Waals surface area contributed by atoms with Gasteiger partial charge in [0, 0.05) is 11.6 Å². The van der Waals surface area contributed by atoms with Crippen LogP contribution in [0.15, 0.2) is 47.6 Å². The zero-order chi connectivity index (χ0) is 15.4. The third-order valence-corrected chi connectivity index (χ3v) is 2.79. The Kier molecular flexibility index (Phi) is 4.27. The van der Waals surface area contributed by atoms with Crippen LogP contribution in [0.1, 0.15) is 22.8 Å². The lowest BCUT2D eigenvalue weighted by molar-refractivity contribution is -0.255. The SMILES string of the molecule is C/C(=N\Nc1ccc(C(=O)[O-])cc1)c1ccc(F)cc1F. The number of hydrogen-bond acceptors (Lipinski definition) is 4. The van der Waals surface area contributed by atoms with Gasteiger partial charge in [0.1, 0.15) is 11.6 Å². The minimum Gasteiger partial charge on any atom is -0.545 e. The zero-order valence-corrected chi connectivity index (χ0v) is 11.1. The molecular formula is C15H11F2N2O2-. The van der Waals surface area contributed by atoms with E-state index in [1.165, 1.54) is 30.3 Å². The molecule has 2 aromatic carbocycles. The molecule has 0 spiro atoms. The first-order valence-corrected chi connectivity index (χ1v) is 6.04. The fourth-order valence-electron chi connectivity index (χ4n) is 1.67. The van der Waals surface area contributed by atoms with E-state index in [0.29, 0.717) is 11.4 Å². The fraction of sp³-hybridized carbons (Fsp3) is 0.0667. The van der Waals surface area contributed by atoms with Crippen molar-refractivity contribution in [1.82, 2.24) is 0 Å². The predicted molar refractivity (Wildman–Crippen MR) is 73.0 cm³/mol. The summed E-state index contributed by atoms with van der Waals surface area (Å²) >= 11 is 0. The van der Waals surface area contributed by atoms with Crippen LogP contribution in [0.5, 0.6) is 0 Å². The summed E-state index contributed by atoms with van der Waals surface area (Å²) in [5, 5.41) is 14.6. The number of carboxylic acid groups (broad SMARTS) is 1. The van der Waals surface area contributed by atoms with Gasteiger partial charge in [0.15, 0.2) is 0 Å². The van der Waals surface area contributed by atoms with Gasteiger partial charge < -0.3 is 9.90 Å². The van der Waals surface area contributed by atoms with E-state index in [4.69, 9.17) is 0 Å². The fourth-order valence-corrected chi connectivity index (χ4v) is 1.67. The molecule has 0 heterocycles. The van der Waals surface area contributed by atoms with Gasteiger partial charge in [-0.05, 0) is 36.8 Å². The number of aromatic carboxylic acids is 1. The monoisotopic (exact) mass is 289 g/mol. The van der Waals surface area contributed by atoms with Gasteiger partial charge in [-0.3, -0.25) is 5.43 Å². The second-order valence-electron chi connectivity index (χ2n) is 4.30. The molecule has 0 unspecified atom stereocenters. The lowest BCUT2D eigenvalue weighted by Gasteiger charge is -2.06. The molecule has 2 aromatic rings. The third-order valence-electron chi connectivity index (χ3n) is 2.79. The number of nitrogens with one attached hydrogen (secondary N) is 1. The summed E-state index contributed by atoms with van der Waals surface area (Å²) in [5.41, 5.74) is 3.75. The van der Waals surface area contributed by atoms with Gasteiger partial charge in [-0.1, -0.05) is 12.1 Å². The summed E-state index contributed by atoms with van der Waals surface area (Å²) in [6.07, 6.45) is 0. The van der Waals surface area contributed by atoms with Crippen molar-refractivity contribution in [2.45, 2.75) is 6.92 Å². The first kappa shape index (κ1) is 14.6. The largest absolute Gasteiger partial charge is 0.545 e. The van der Waals surface area contributed by atoms with Gasteiger partial charge in [-0.2, -0.15) is 5.10 Å². The van der Waals surface area contributed by atoms with Crippen LogP contribution in [0, 0.1) is 11.6 Å². The molecule has 108 valence electrons. The molecule has 0 amide bonds. The van der Waals surface area contributed by atoms with Gasteiger partial charge in [0.2, 0.25) is 0 Å². The number of carbonyl (C=O) groups excluding carboxylic acids is 1. The summed E-state index contributed by atoms with van der Waals surface area (Å²) in [6.45, 7) is 1.57. The highest BCUT2D eigenvalue weighted by atomic mass is 19.1. The van der Waals surface area contributed by atoms with Crippen molar-refractivity contribution in [2.75, 3.05) is 5.43 Å².